The van der Waals surface area contributed by atoms with Crippen LogP contribution in [0, 0.1) is 5.92 Å². The molecular weight excluding hydrogens is 440 g/mol. The highest BCUT2D eigenvalue weighted by Crippen LogP contribution is 2.44. The minimum Gasteiger partial charge on any atom is -0.480 e. The number of amides is 2. The van der Waals surface area contributed by atoms with Crippen LogP contribution in [0.1, 0.15) is 23.5 Å². The number of fused-ring (bicyclic) bond motifs is 3. The number of carboxylic acids is 1. The second kappa shape index (κ2) is 11.1. The van der Waals surface area contributed by atoms with Crippen LogP contribution in [0.2, 0.25) is 0 Å². The molecule has 9 heteroatoms. The van der Waals surface area contributed by atoms with Gasteiger partial charge in [0, 0.05) is 31.5 Å². The SMILES string of the molecule is O=C(O)COCCNC(=O)[C@@H]1OCC[C@@H]1CNC(=O)OCC1c2ccccc2-c2ccccc21. The normalized spacial score (nSPS) is 18.7. The Balaban J connectivity index is 1.23. The van der Waals surface area contributed by atoms with Gasteiger partial charge in [-0.2, -0.15) is 0 Å². The average molecular weight is 469 g/mol. The maximum atomic E-state index is 12.4. The van der Waals surface area contributed by atoms with E-state index in [-0.39, 0.29) is 44.0 Å². The summed E-state index contributed by atoms with van der Waals surface area (Å²) in [6, 6.07) is 16.3. The molecule has 1 aliphatic heterocycles. The van der Waals surface area contributed by atoms with E-state index < -0.39 is 24.8 Å². The van der Waals surface area contributed by atoms with Crippen molar-refractivity contribution in [2.75, 3.05) is 39.5 Å². The lowest BCUT2D eigenvalue weighted by Gasteiger charge is -2.19. The molecule has 0 saturated carbocycles. The average Bonchev–Trinajstić information content (AvgIpc) is 3.44. The lowest BCUT2D eigenvalue weighted by molar-refractivity contribution is -0.142. The summed E-state index contributed by atoms with van der Waals surface area (Å²) in [7, 11) is 0. The Labute approximate surface area is 197 Å². The molecule has 34 heavy (non-hydrogen) atoms. The number of hydrogen-bond donors (Lipinski definition) is 3. The lowest BCUT2D eigenvalue weighted by Crippen LogP contribution is -2.43. The van der Waals surface area contributed by atoms with E-state index in [4.69, 9.17) is 19.3 Å². The van der Waals surface area contributed by atoms with E-state index in [0.717, 1.165) is 22.3 Å². The highest BCUT2D eigenvalue weighted by molar-refractivity contribution is 5.81. The molecule has 1 saturated heterocycles. The zero-order valence-corrected chi connectivity index (χ0v) is 18.7. The number of carbonyl (C=O) groups excluding carboxylic acids is 2. The number of carbonyl (C=O) groups is 3. The van der Waals surface area contributed by atoms with E-state index in [1.54, 1.807) is 0 Å². The first-order valence-corrected chi connectivity index (χ1v) is 11.3. The van der Waals surface area contributed by atoms with Gasteiger partial charge in [-0.3, -0.25) is 4.79 Å². The van der Waals surface area contributed by atoms with Crippen LogP contribution in [0.5, 0.6) is 0 Å². The maximum absolute atomic E-state index is 12.4. The van der Waals surface area contributed by atoms with E-state index in [1.807, 2.05) is 24.3 Å². The molecule has 1 fully saturated rings. The number of aliphatic carboxylic acids is 1. The first-order chi connectivity index (χ1) is 16.5. The summed E-state index contributed by atoms with van der Waals surface area (Å²) in [5, 5.41) is 14.0. The van der Waals surface area contributed by atoms with Gasteiger partial charge in [-0.15, -0.1) is 0 Å². The van der Waals surface area contributed by atoms with Crippen LogP contribution >= 0.6 is 0 Å². The van der Waals surface area contributed by atoms with Gasteiger partial charge in [0.15, 0.2) is 0 Å². The molecule has 180 valence electrons. The van der Waals surface area contributed by atoms with Crippen LogP contribution in [0.3, 0.4) is 0 Å². The summed E-state index contributed by atoms with van der Waals surface area (Å²) in [5.41, 5.74) is 4.62. The Morgan fingerprint density at radius 2 is 1.68 bits per heavy atom. The van der Waals surface area contributed by atoms with Crippen LogP contribution in [0.15, 0.2) is 48.5 Å². The summed E-state index contributed by atoms with van der Waals surface area (Å²) in [6.07, 6.45) is -0.583. The van der Waals surface area contributed by atoms with Gasteiger partial charge in [-0.25, -0.2) is 9.59 Å². The summed E-state index contributed by atoms with van der Waals surface area (Å²) in [5.74, 6) is -1.57. The van der Waals surface area contributed by atoms with Gasteiger partial charge in [-0.05, 0) is 28.7 Å². The van der Waals surface area contributed by atoms with Crippen molar-refractivity contribution in [3.05, 3.63) is 59.7 Å². The van der Waals surface area contributed by atoms with Gasteiger partial charge >= 0.3 is 12.1 Å². The van der Waals surface area contributed by atoms with Gasteiger partial charge in [0.25, 0.3) is 0 Å². The van der Waals surface area contributed by atoms with E-state index in [2.05, 4.69) is 34.9 Å². The quantitative estimate of drug-likeness (QED) is 0.457. The molecule has 2 aromatic carbocycles. The molecule has 0 unspecified atom stereocenters. The van der Waals surface area contributed by atoms with Crippen LogP contribution in [-0.2, 0) is 23.8 Å². The number of alkyl carbamates (subject to hydrolysis) is 1. The van der Waals surface area contributed by atoms with E-state index in [1.165, 1.54) is 0 Å². The minimum absolute atomic E-state index is 0.0187. The number of rotatable bonds is 10. The van der Waals surface area contributed by atoms with Crippen molar-refractivity contribution in [3.63, 3.8) is 0 Å². The Morgan fingerprint density at radius 1 is 1.00 bits per heavy atom. The van der Waals surface area contributed by atoms with Crippen molar-refractivity contribution >= 4 is 18.0 Å². The van der Waals surface area contributed by atoms with Gasteiger partial charge < -0.3 is 30.0 Å². The highest BCUT2D eigenvalue weighted by Gasteiger charge is 2.34. The number of ether oxygens (including phenoxy) is 3. The molecule has 0 bridgehead atoms. The van der Waals surface area contributed by atoms with Gasteiger partial charge in [0.1, 0.15) is 19.3 Å². The van der Waals surface area contributed by atoms with Crippen molar-refractivity contribution in [1.29, 1.82) is 0 Å². The molecule has 0 spiro atoms. The van der Waals surface area contributed by atoms with Gasteiger partial charge in [-0.1, -0.05) is 48.5 Å². The second-order valence-electron chi connectivity index (χ2n) is 8.28. The fourth-order valence-electron chi connectivity index (χ4n) is 4.50. The largest absolute Gasteiger partial charge is 0.480 e. The summed E-state index contributed by atoms with van der Waals surface area (Å²) in [4.78, 5) is 35.2. The van der Waals surface area contributed by atoms with E-state index in [9.17, 15) is 14.4 Å². The third-order valence-electron chi connectivity index (χ3n) is 6.10. The van der Waals surface area contributed by atoms with Crippen LogP contribution in [-0.4, -0.2) is 68.7 Å². The molecule has 0 aromatic heterocycles. The van der Waals surface area contributed by atoms with Crippen molar-refractivity contribution in [3.8, 4) is 11.1 Å². The molecule has 2 aliphatic rings. The van der Waals surface area contributed by atoms with Crippen LogP contribution in [0.25, 0.3) is 11.1 Å². The Bertz CT molecular complexity index is 996. The first-order valence-electron chi connectivity index (χ1n) is 11.3. The van der Waals surface area contributed by atoms with E-state index >= 15 is 0 Å². The lowest BCUT2D eigenvalue weighted by atomic mass is 9.98. The molecular formula is C25H28N2O7. The van der Waals surface area contributed by atoms with Crippen LogP contribution in [0.4, 0.5) is 4.79 Å². The third-order valence-corrected chi connectivity index (χ3v) is 6.10. The van der Waals surface area contributed by atoms with Crippen molar-refractivity contribution in [2.45, 2.75) is 18.4 Å². The fraction of sp³-hybridized carbons (Fsp3) is 0.400. The number of benzene rings is 2. The van der Waals surface area contributed by atoms with Crippen LogP contribution < -0.4 is 10.6 Å². The van der Waals surface area contributed by atoms with Crippen molar-refractivity contribution < 1.29 is 33.7 Å². The van der Waals surface area contributed by atoms with Gasteiger partial charge in [0.2, 0.25) is 5.91 Å². The summed E-state index contributed by atoms with van der Waals surface area (Å²) < 4.78 is 16.0. The summed E-state index contributed by atoms with van der Waals surface area (Å²) >= 11 is 0. The Morgan fingerprint density at radius 3 is 2.35 bits per heavy atom. The monoisotopic (exact) mass is 468 g/mol. The number of nitrogens with one attached hydrogen (secondary N) is 2. The summed E-state index contributed by atoms with van der Waals surface area (Å²) in [6.45, 7) is 0.755. The number of hydrogen-bond acceptors (Lipinski definition) is 6. The zero-order chi connectivity index (χ0) is 23.9. The molecule has 2 atom stereocenters. The molecule has 9 nitrogen and oxygen atoms in total. The molecule has 4 rings (SSSR count). The Kier molecular flexibility index (Phi) is 7.76. The standard InChI is InChI=1S/C25H28N2O7/c28-22(29)15-32-12-10-26-24(30)23-16(9-11-33-23)13-27-25(31)34-14-21-19-7-3-1-5-17(19)18-6-2-4-8-20(18)21/h1-8,16,21,23H,9-15H2,(H,26,30)(H,27,31)(H,28,29)/t16-,23-/m1/s1. The highest BCUT2D eigenvalue weighted by atomic mass is 16.5. The topological polar surface area (TPSA) is 123 Å². The van der Waals surface area contributed by atoms with Gasteiger partial charge in [0.05, 0.1) is 6.61 Å². The first kappa shape index (κ1) is 23.7. The molecule has 3 N–H and O–H groups in total. The Hall–Kier alpha value is -3.43. The van der Waals surface area contributed by atoms with E-state index in [0.29, 0.717) is 13.0 Å². The zero-order valence-electron chi connectivity index (χ0n) is 18.7. The van der Waals surface area contributed by atoms with Crippen molar-refractivity contribution in [2.24, 2.45) is 5.92 Å². The smallest absolute Gasteiger partial charge is 0.407 e. The molecule has 2 aromatic rings. The molecule has 0 radical (unpaired) electrons. The molecule has 1 heterocycles. The third kappa shape index (κ3) is 5.55. The second-order valence-corrected chi connectivity index (χ2v) is 8.28. The fourth-order valence-corrected chi connectivity index (χ4v) is 4.50. The predicted octanol–water partition coefficient (Wildman–Crippen LogP) is 2.15. The number of carboxylic acid groups (broad SMARTS) is 1. The predicted molar refractivity (Wildman–Crippen MR) is 122 cm³/mol. The minimum atomic E-state index is -1.06. The molecule has 2 amide bonds. The van der Waals surface area contributed by atoms with Crippen molar-refractivity contribution in [1.82, 2.24) is 10.6 Å². The molecule has 1 aliphatic carbocycles. The maximum Gasteiger partial charge on any atom is 0.407 e.